The first kappa shape index (κ1) is 22.1. The van der Waals surface area contributed by atoms with Gasteiger partial charge >= 0.3 is 0 Å². The third-order valence-corrected chi connectivity index (χ3v) is 5.68. The van der Waals surface area contributed by atoms with Gasteiger partial charge in [-0.2, -0.15) is 0 Å². The van der Waals surface area contributed by atoms with Crippen LogP contribution >= 0.6 is 0 Å². The highest BCUT2D eigenvalue weighted by atomic mass is 16.5. The fraction of sp³-hybridized carbons (Fsp3) is 0.111. The fourth-order valence-electron chi connectivity index (χ4n) is 3.88. The lowest BCUT2D eigenvalue weighted by atomic mass is 10.0. The molecule has 8 nitrogen and oxygen atoms in total. The van der Waals surface area contributed by atoms with E-state index in [2.05, 4.69) is 25.3 Å². The predicted octanol–water partition coefficient (Wildman–Crippen LogP) is 5.22. The zero-order valence-electron chi connectivity index (χ0n) is 19.2. The number of benzene rings is 2. The lowest BCUT2D eigenvalue weighted by Crippen LogP contribution is -2.13. The van der Waals surface area contributed by atoms with Crippen LogP contribution in [0, 0.1) is 0 Å². The first-order valence-corrected chi connectivity index (χ1v) is 11.2. The van der Waals surface area contributed by atoms with Crippen molar-refractivity contribution in [1.29, 1.82) is 0 Å². The number of aryl methyl sites for hydroxylation is 1. The summed E-state index contributed by atoms with van der Waals surface area (Å²) < 4.78 is 5.38. The van der Waals surface area contributed by atoms with Gasteiger partial charge in [0, 0.05) is 23.0 Å². The topological polar surface area (TPSA) is 113 Å². The van der Waals surface area contributed by atoms with Crippen LogP contribution in [0.4, 0.5) is 5.82 Å². The Labute approximate surface area is 201 Å². The van der Waals surface area contributed by atoms with Crippen LogP contribution in [0.25, 0.3) is 33.5 Å². The van der Waals surface area contributed by atoms with E-state index in [0.717, 1.165) is 23.2 Å². The molecule has 0 atom stereocenters. The normalized spacial score (nSPS) is 10.9. The molecule has 174 valence electrons. The summed E-state index contributed by atoms with van der Waals surface area (Å²) >= 11 is 0. The summed E-state index contributed by atoms with van der Waals surface area (Å²) in [6.07, 6.45) is 2.45. The number of fused-ring (bicyclic) bond motifs is 1. The third kappa shape index (κ3) is 4.41. The molecule has 8 heteroatoms. The number of ether oxygens (including phenoxy) is 1. The van der Waals surface area contributed by atoms with Crippen molar-refractivity contribution in [2.75, 3.05) is 12.4 Å². The maximum atomic E-state index is 12.8. The molecule has 3 heterocycles. The van der Waals surface area contributed by atoms with E-state index in [1.54, 1.807) is 49.7 Å². The van der Waals surface area contributed by atoms with Crippen molar-refractivity contribution in [3.63, 3.8) is 0 Å². The van der Waals surface area contributed by atoms with E-state index in [0.29, 0.717) is 39.7 Å². The Morgan fingerprint density at radius 3 is 2.74 bits per heavy atom. The van der Waals surface area contributed by atoms with Gasteiger partial charge in [0.25, 0.3) is 5.91 Å². The van der Waals surface area contributed by atoms with Crippen molar-refractivity contribution in [3.05, 3.63) is 84.2 Å². The summed E-state index contributed by atoms with van der Waals surface area (Å²) in [5.41, 5.74) is 4.86. The van der Waals surface area contributed by atoms with Gasteiger partial charge in [-0.15, -0.1) is 0 Å². The number of phenolic OH excluding ortho intramolecular Hbond substituents is 1. The number of nitrogens with one attached hydrogen (secondary N) is 2. The minimum absolute atomic E-state index is 0.0792. The van der Waals surface area contributed by atoms with Crippen LogP contribution in [-0.4, -0.2) is 38.1 Å². The Balaban J connectivity index is 1.47. The Hall–Kier alpha value is -4.72. The fourth-order valence-corrected chi connectivity index (χ4v) is 3.88. The number of aromatic hydroxyl groups is 1. The third-order valence-electron chi connectivity index (χ3n) is 5.68. The lowest BCUT2D eigenvalue weighted by molar-refractivity contribution is 0.102. The van der Waals surface area contributed by atoms with Gasteiger partial charge in [0.1, 0.15) is 17.4 Å². The molecule has 0 radical (unpaired) electrons. The summed E-state index contributed by atoms with van der Waals surface area (Å²) in [6.45, 7) is 2.01. The van der Waals surface area contributed by atoms with E-state index in [4.69, 9.17) is 4.74 Å². The van der Waals surface area contributed by atoms with Gasteiger partial charge < -0.3 is 20.1 Å². The molecule has 5 rings (SSSR count). The quantitative estimate of drug-likeness (QED) is 0.317. The largest absolute Gasteiger partial charge is 0.507 e. The molecule has 0 spiro atoms. The van der Waals surface area contributed by atoms with Gasteiger partial charge in [-0.3, -0.25) is 4.79 Å². The molecular weight excluding hydrogens is 442 g/mol. The molecule has 0 fully saturated rings. The van der Waals surface area contributed by atoms with E-state index in [1.807, 2.05) is 37.3 Å². The van der Waals surface area contributed by atoms with Crippen molar-refractivity contribution >= 4 is 22.8 Å². The van der Waals surface area contributed by atoms with Gasteiger partial charge in [0.15, 0.2) is 0 Å². The number of imidazole rings is 1. The number of phenols is 1. The number of aromatic amines is 1. The van der Waals surface area contributed by atoms with Crippen LogP contribution in [0.1, 0.15) is 23.0 Å². The standard InChI is InChI=1S/C27H23N5O3/c1-3-18-6-4-8-24(29-18)32-26(34)17-9-11-21-22(15-17)31-25(30-21)20-14-16(10-12-23(20)33)19-7-5-13-28-27(19)35-2/h4-15,33H,3H2,1-2H3,(H,30,31)(H,29,32,34). The van der Waals surface area contributed by atoms with E-state index in [1.165, 1.54) is 0 Å². The van der Waals surface area contributed by atoms with Gasteiger partial charge in [-0.05, 0) is 66.6 Å². The summed E-state index contributed by atoms with van der Waals surface area (Å²) in [4.78, 5) is 29.3. The minimum Gasteiger partial charge on any atom is -0.507 e. The van der Waals surface area contributed by atoms with Crippen molar-refractivity contribution in [3.8, 4) is 34.1 Å². The first-order chi connectivity index (χ1) is 17.1. The number of carbonyl (C=O) groups excluding carboxylic acids is 1. The van der Waals surface area contributed by atoms with E-state index in [-0.39, 0.29) is 11.7 Å². The lowest BCUT2D eigenvalue weighted by Gasteiger charge is -2.09. The summed E-state index contributed by atoms with van der Waals surface area (Å²) in [6, 6.07) is 19.7. The predicted molar refractivity (Wildman–Crippen MR) is 135 cm³/mol. The Kier molecular flexibility index (Phi) is 5.85. The molecule has 3 N–H and O–H groups in total. The summed E-state index contributed by atoms with van der Waals surface area (Å²) in [7, 11) is 1.57. The number of rotatable bonds is 6. The molecule has 3 aromatic heterocycles. The van der Waals surface area contributed by atoms with Gasteiger partial charge in [-0.1, -0.05) is 19.1 Å². The van der Waals surface area contributed by atoms with Crippen LogP contribution < -0.4 is 10.1 Å². The molecule has 0 unspecified atom stereocenters. The molecule has 1 amide bonds. The molecule has 0 saturated heterocycles. The molecule has 2 aromatic carbocycles. The van der Waals surface area contributed by atoms with Crippen molar-refractivity contribution in [2.24, 2.45) is 0 Å². The number of amides is 1. The van der Waals surface area contributed by atoms with Gasteiger partial charge in [0.05, 0.1) is 23.7 Å². The van der Waals surface area contributed by atoms with E-state index < -0.39 is 0 Å². The van der Waals surface area contributed by atoms with Crippen LogP contribution in [-0.2, 0) is 6.42 Å². The monoisotopic (exact) mass is 465 g/mol. The molecule has 35 heavy (non-hydrogen) atoms. The summed E-state index contributed by atoms with van der Waals surface area (Å²) in [5, 5.41) is 13.4. The van der Waals surface area contributed by atoms with Crippen LogP contribution in [0.15, 0.2) is 72.9 Å². The van der Waals surface area contributed by atoms with Crippen LogP contribution in [0.2, 0.25) is 0 Å². The average molecular weight is 466 g/mol. The molecule has 0 aliphatic rings. The number of anilines is 1. The minimum atomic E-state index is -0.266. The molecular formula is C27H23N5O3. The second-order valence-corrected chi connectivity index (χ2v) is 7.93. The number of hydrogen-bond acceptors (Lipinski definition) is 6. The number of methoxy groups -OCH3 is 1. The number of H-pyrrole nitrogens is 1. The van der Waals surface area contributed by atoms with Crippen molar-refractivity contribution < 1.29 is 14.6 Å². The SMILES string of the molecule is CCc1cccc(NC(=O)c2ccc3nc(-c4cc(-c5cccnc5OC)ccc4O)[nH]c3c2)n1. The molecule has 5 aromatic rings. The maximum absolute atomic E-state index is 12.8. The Morgan fingerprint density at radius 1 is 1.03 bits per heavy atom. The second kappa shape index (κ2) is 9.26. The second-order valence-electron chi connectivity index (χ2n) is 7.93. The van der Waals surface area contributed by atoms with Crippen LogP contribution in [0.5, 0.6) is 11.6 Å². The zero-order valence-corrected chi connectivity index (χ0v) is 19.2. The molecule has 0 aliphatic carbocycles. The van der Waals surface area contributed by atoms with Gasteiger partial charge in [0.2, 0.25) is 5.88 Å². The number of nitrogens with zero attached hydrogens (tertiary/aromatic N) is 3. The van der Waals surface area contributed by atoms with E-state index in [9.17, 15) is 9.90 Å². The smallest absolute Gasteiger partial charge is 0.256 e. The highest BCUT2D eigenvalue weighted by Gasteiger charge is 2.15. The highest BCUT2D eigenvalue weighted by molar-refractivity contribution is 6.05. The van der Waals surface area contributed by atoms with Crippen LogP contribution in [0.3, 0.4) is 0 Å². The molecule has 0 saturated carbocycles. The number of hydrogen-bond donors (Lipinski definition) is 3. The average Bonchev–Trinajstić information content (AvgIpc) is 3.32. The molecule has 0 bridgehead atoms. The Morgan fingerprint density at radius 2 is 1.91 bits per heavy atom. The van der Waals surface area contributed by atoms with Crippen molar-refractivity contribution in [1.82, 2.24) is 19.9 Å². The number of carbonyl (C=O) groups is 1. The van der Waals surface area contributed by atoms with Crippen molar-refractivity contribution in [2.45, 2.75) is 13.3 Å². The maximum Gasteiger partial charge on any atom is 0.256 e. The van der Waals surface area contributed by atoms with E-state index >= 15 is 0 Å². The first-order valence-electron chi connectivity index (χ1n) is 11.2. The highest BCUT2D eigenvalue weighted by Crippen LogP contribution is 2.35. The Bertz CT molecular complexity index is 1540. The number of aromatic nitrogens is 4. The zero-order chi connectivity index (χ0) is 24.4. The number of pyridine rings is 2. The van der Waals surface area contributed by atoms with Gasteiger partial charge in [-0.25, -0.2) is 15.0 Å². The summed E-state index contributed by atoms with van der Waals surface area (Å²) in [5.74, 6) is 1.29. The molecule has 0 aliphatic heterocycles.